The van der Waals surface area contributed by atoms with E-state index in [-0.39, 0.29) is 43.1 Å². The number of methoxy groups -OCH3 is 1. The number of aliphatic hydroxyl groups is 1. The molecule has 0 unspecified atom stereocenters. The second kappa shape index (κ2) is 13.5. The molecule has 0 spiro atoms. The molecule has 0 fully saturated rings. The van der Waals surface area contributed by atoms with Crippen LogP contribution in [0, 0.1) is 19.8 Å². The summed E-state index contributed by atoms with van der Waals surface area (Å²) in [6, 6.07) is 10.4. The molecule has 13 heteroatoms. The van der Waals surface area contributed by atoms with Crippen molar-refractivity contribution in [2.75, 3.05) is 49.8 Å². The number of carbonyl (C=O) groups excluding carboxylic acids is 3. The summed E-state index contributed by atoms with van der Waals surface area (Å²) in [5.41, 5.74) is 2.19. The summed E-state index contributed by atoms with van der Waals surface area (Å²) in [4.78, 5) is 42.5. The molecule has 2 aromatic carbocycles. The Morgan fingerprint density at radius 3 is 2.47 bits per heavy atom. The van der Waals surface area contributed by atoms with E-state index >= 15 is 0 Å². The number of carbonyl (C=O) groups is 3. The fourth-order valence-electron chi connectivity index (χ4n) is 4.70. The van der Waals surface area contributed by atoms with Crippen molar-refractivity contribution in [3.8, 4) is 11.5 Å². The SMILES string of the molecule is COc1ccc(NC(=O)N(C)C[C@H]2Oc3ccc(NC(=O)Nc4c(C)noc4C)cc3C(=O)N([C@H](C)CO)C[C@H]2C)cc1. The number of nitrogens with one attached hydrogen (secondary N) is 3. The summed E-state index contributed by atoms with van der Waals surface area (Å²) in [5.74, 6) is 0.906. The third-order valence-corrected chi connectivity index (χ3v) is 7.34. The Balaban J connectivity index is 1.54. The van der Waals surface area contributed by atoms with Crippen molar-refractivity contribution in [3.63, 3.8) is 0 Å². The van der Waals surface area contributed by atoms with E-state index in [0.717, 1.165) is 0 Å². The first-order valence-electron chi connectivity index (χ1n) is 13.9. The van der Waals surface area contributed by atoms with Crippen LogP contribution < -0.4 is 25.4 Å². The van der Waals surface area contributed by atoms with Crippen LogP contribution in [-0.2, 0) is 0 Å². The van der Waals surface area contributed by atoms with Crippen molar-refractivity contribution < 1.29 is 33.5 Å². The highest BCUT2D eigenvalue weighted by Gasteiger charge is 2.34. The molecule has 2 heterocycles. The average molecular weight is 595 g/mol. The molecule has 0 saturated carbocycles. The number of nitrogens with zero attached hydrogens (tertiary/aromatic N) is 3. The lowest BCUT2D eigenvalue weighted by Crippen LogP contribution is -2.50. The molecular weight excluding hydrogens is 556 g/mol. The average Bonchev–Trinajstić information content (AvgIpc) is 3.31. The second-order valence-electron chi connectivity index (χ2n) is 10.7. The van der Waals surface area contributed by atoms with Gasteiger partial charge in [0.15, 0.2) is 5.76 Å². The fourth-order valence-corrected chi connectivity index (χ4v) is 4.70. The van der Waals surface area contributed by atoms with Crippen LogP contribution in [0.25, 0.3) is 0 Å². The summed E-state index contributed by atoms with van der Waals surface area (Å²) in [5, 5.41) is 22.1. The molecule has 0 radical (unpaired) electrons. The third kappa shape index (κ3) is 7.36. The molecule has 3 atom stereocenters. The van der Waals surface area contributed by atoms with Gasteiger partial charge >= 0.3 is 12.1 Å². The first-order valence-corrected chi connectivity index (χ1v) is 13.9. The highest BCUT2D eigenvalue weighted by atomic mass is 16.5. The molecule has 43 heavy (non-hydrogen) atoms. The number of amides is 5. The second-order valence-corrected chi connectivity index (χ2v) is 10.7. The van der Waals surface area contributed by atoms with E-state index in [1.54, 1.807) is 76.2 Å². The van der Waals surface area contributed by atoms with Gasteiger partial charge < -0.3 is 44.9 Å². The topological polar surface area (TPSA) is 158 Å². The van der Waals surface area contributed by atoms with Crippen LogP contribution >= 0.6 is 0 Å². The molecule has 4 N–H and O–H groups in total. The summed E-state index contributed by atoms with van der Waals surface area (Å²) >= 11 is 0. The zero-order valence-corrected chi connectivity index (χ0v) is 25.1. The number of hydrogen-bond acceptors (Lipinski definition) is 8. The Morgan fingerprint density at radius 1 is 1.14 bits per heavy atom. The molecule has 3 aromatic rings. The molecule has 4 rings (SSSR count). The molecule has 0 saturated heterocycles. The summed E-state index contributed by atoms with van der Waals surface area (Å²) in [7, 11) is 3.24. The van der Waals surface area contributed by atoms with Crippen molar-refractivity contribution in [1.29, 1.82) is 0 Å². The van der Waals surface area contributed by atoms with E-state index in [4.69, 9.17) is 14.0 Å². The standard InChI is InChI=1S/C30H38N6O7/c1-17-14-36(18(2)16-37)28(38)24-13-22(31-29(39)33-27-19(3)34-43-20(27)4)9-12-25(24)42-26(17)15-35(5)30(40)32-21-7-10-23(41-6)11-8-21/h7-13,17-18,26,37H,14-16H2,1-6H3,(H,32,40)(H2,31,33,39)/t17-,18-,26-/m1/s1. The molecule has 1 aliphatic heterocycles. The Labute approximate surface area is 250 Å². The normalized spacial score (nSPS) is 17.1. The number of aliphatic hydroxyl groups excluding tert-OH is 1. The van der Waals surface area contributed by atoms with Crippen molar-refractivity contribution in [3.05, 3.63) is 59.5 Å². The minimum absolute atomic E-state index is 0.194. The molecule has 0 bridgehead atoms. The van der Waals surface area contributed by atoms with E-state index in [9.17, 15) is 19.5 Å². The zero-order valence-electron chi connectivity index (χ0n) is 25.1. The van der Waals surface area contributed by atoms with Crippen LogP contribution in [0.3, 0.4) is 0 Å². The quantitative estimate of drug-likeness (QED) is 0.300. The highest BCUT2D eigenvalue weighted by Crippen LogP contribution is 2.31. The smallest absolute Gasteiger partial charge is 0.323 e. The van der Waals surface area contributed by atoms with E-state index < -0.39 is 18.2 Å². The fraction of sp³-hybridized carbons (Fsp3) is 0.400. The van der Waals surface area contributed by atoms with Gasteiger partial charge in [-0.05, 0) is 63.2 Å². The Morgan fingerprint density at radius 2 is 1.84 bits per heavy atom. The maximum atomic E-state index is 13.7. The van der Waals surface area contributed by atoms with E-state index in [2.05, 4.69) is 21.1 Å². The van der Waals surface area contributed by atoms with E-state index in [1.165, 1.54) is 11.0 Å². The number of likely N-dealkylation sites (N-methyl/N-ethyl adjacent to an activating group) is 1. The van der Waals surface area contributed by atoms with Gasteiger partial charge in [-0.25, -0.2) is 9.59 Å². The monoisotopic (exact) mass is 594 g/mol. The van der Waals surface area contributed by atoms with Gasteiger partial charge in [-0.15, -0.1) is 0 Å². The lowest BCUT2D eigenvalue weighted by Gasteiger charge is -2.38. The van der Waals surface area contributed by atoms with Crippen LogP contribution in [-0.4, -0.2) is 84.0 Å². The predicted octanol–water partition coefficient (Wildman–Crippen LogP) is 4.33. The summed E-state index contributed by atoms with van der Waals surface area (Å²) in [6.07, 6.45) is -0.492. The van der Waals surface area contributed by atoms with Crippen LogP contribution in [0.5, 0.6) is 11.5 Å². The number of aryl methyl sites for hydroxylation is 2. The number of ether oxygens (including phenoxy) is 2. The van der Waals surface area contributed by atoms with Crippen molar-refractivity contribution in [1.82, 2.24) is 15.0 Å². The number of aromatic nitrogens is 1. The largest absolute Gasteiger partial charge is 0.497 e. The molecule has 1 aliphatic rings. The number of fused-ring (bicyclic) bond motifs is 1. The number of rotatable bonds is 8. The number of anilines is 3. The van der Waals surface area contributed by atoms with Crippen LogP contribution in [0.1, 0.15) is 35.7 Å². The molecule has 1 aromatic heterocycles. The summed E-state index contributed by atoms with van der Waals surface area (Å²) < 4.78 is 16.6. The lowest BCUT2D eigenvalue weighted by molar-refractivity contribution is 0.0371. The molecule has 0 aliphatic carbocycles. The first-order chi connectivity index (χ1) is 20.5. The zero-order chi connectivity index (χ0) is 31.3. The van der Waals surface area contributed by atoms with Crippen LogP contribution in [0.4, 0.5) is 26.7 Å². The van der Waals surface area contributed by atoms with Gasteiger partial charge in [0.2, 0.25) is 0 Å². The van der Waals surface area contributed by atoms with Crippen molar-refractivity contribution >= 4 is 35.0 Å². The Hall–Kier alpha value is -4.78. The summed E-state index contributed by atoms with van der Waals surface area (Å²) in [6.45, 7) is 7.36. The molecular formula is C30H38N6O7. The Kier molecular flexibility index (Phi) is 9.76. The number of urea groups is 2. The van der Waals surface area contributed by atoms with Crippen LogP contribution in [0.2, 0.25) is 0 Å². The van der Waals surface area contributed by atoms with Gasteiger partial charge in [0, 0.05) is 30.9 Å². The van der Waals surface area contributed by atoms with Crippen molar-refractivity contribution in [2.45, 2.75) is 39.8 Å². The minimum Gasteiger partial charge on any atom is -0.497 e. The first kappa shape index (κ1) is 31.2. The van der Waals surface area contributed by atoms with Gasteiger partial charge in [-0.2, -0.15) is 0 Å². The minimum atomic E-state index is -0.537. The highest BCUT2D eigenvalue weighted by molar-refractivity contribution is 6.03. The molecule has 230 valence electrons. The predicted molar refractivity (Wildman–Crippen MR) is 161 cm³/mol. The lowest BCUT2D eigenvalue weighted by atomic mass is 9.99. The number of benzene rings is 2. The van der Waals surface area contributed by atoms with Gasteiger partial charge in [-0.3, -0.25) is 4.79 Å². The third-order valence-electron chi connectivity index (χ3n) is 7.34. The van der Waals surface area contributed by atoms with E-state index in [1.807, 2.05) is 6.92 Å². The van der Waals surface area contributed by atoms with Gasteiger partial charge in [0.05, 0.1) is 31.9 Å². The molecule has 13 nitrogen and oxygen atoms in total. The van der Waals surface area contributed by atoms with Gasteiger partial charge in [0.1, 0.15) is 29.0 Å². The van der Waals surface area contributed by atoms with Crippen LogP contribution in [0.15, 0.2) is 47.0 Å². The number of hydrogen-bond donors (Lipinski definition) is 4. The van der Waals surface area contributed by atoms with Crippen molar-refractivity contribution in [2.24, 2.45) is 5.92 Å². The van der Waals surface area contributed by atoms with Gasteiger partial charge in [0.25, 0.3) is 5.91 Å². The maximum Gasteiger partial charge on any atom is 0.323 e. The van der Waals surface area contributed by atoms with E-state index in [0.29, 0.717) is 40.0 Å². The molecule has 5 amide bonds. The van der Waals surface area contributed by atoms with Gasteiger partial charge in [-0.1, -0.05) is 12.1 Å². The Bertz CT molecular complexity index is 1440. The maximum absolute atomic E-state index is 13.7.